The van der Waals surface area contributed by atoms with Crippen LogP contribution in [0, 0.1) is 12.8 Å². The molecule has 82 valence electrons. The first-order chi connectivity index (χ1) is 7.25. The molecule has 1 aromatic carbocycles. The van der Waals surface area contributed by atoms with Crippen LogP contribution in [0.4, 0.5) is 0 Å². The predicted octanol–water partition coefficient (Wildman–Crippen LogP) is 3.95. The highest BCUT2D eigenvalue weighted by molar-refractivity contribution is 5.31. The average Bonchev–Trinajstić information content (AvgIpc) is 2.22. The molecule has 1 saturated carbocycles. The van der Waals surface area contributed by atoms with Crippen LogP contribution < -0.4 is 4.74 Å². The van der Waals surface area contributed by atoms with E-state index in [1.165, 1.54) is 31.2 Å². The van der Waals surface area contributed by atoms with Gasteiger partial charge in [-0.25, -0.2) is 0 Å². The Morgan fingerprint density at radius 3 is 2.73 bits per heavy atom. The van der Waals surface area contributed by atoms with Crippen molar-refractivity contribution in [2.45, 2.75) is 45.6 Å². The van der Waals surface area contributed by atoms with E-state index in [-0.39, 0.29) is 0 Å². The zero-order valence-electron chi connectivity index (χ0n) is 9.70. The quantitative estimate of drug-likeness (QED) is 0.708. The summed E-state index contributed by atoms with van der Waals surface area (Å²) in [6.07, 6.45) is 5.56. The van der Waals surface area contributed by atoms with Gasteiger partial charge in [0.1, 0.15) is 5.75 Å². The van der Waals surface area contributed by atoms with Crippen molar-refractivity contribution in [3.63, 3.8) is 0 Å². The van der Waals surface area contributed by atoms with Gasteiger partial charge in [-0.2, -0.15) is 0 Å². The van der Waals surface area contributed by atoms with Gasteiger partial charge >= 0.3 is 0 Å². The van der Waals surface area contributed by atoms with Gasteiger partial charge < -0.3 is 4.74 Å². The minimum absolute atomic E-state index is 0.440. The van der Waals surface area contributed by atoms with Crippen molar-refractivity contribution < 1.29 is 4.74 Å². The molecule has 1 aliphatic carbocycles. The Balaban J connectivity index is 1.99. The molecule has 1 aromatic rings. The van der Waals surface area contributed by atoms with E-state index in [0.717, 1.165) is 11.7 Å². The summed E-state index contributed by atoms with van der Waals surface area (Å²) in [6, 6.07) is 8.30. The van der Waals surface area contributed by atoms with E-state index < -0.39 is 0 Å². The SMILES string of the molecule is Cc1ccccc1OC1CCCC(C)C1. The van der Waals surface area contributed by atoms with Gasteiger partial charge in [0.25, 0.3) is 0 Å². The van der Waals surface area contributed by atoms with E-state index in [1.54, 1.807) is 0 Å². The highest BCUT2D eigenvalue weighted by atomic mass is 16.5. The molecule has 15 heavy (non-hydrogen) atoms. The van der Waals surface area contributed by atoms with Crippen LogP contribution in [0.1, 0.15) is 38.2 Å². The van der Waals surface area contributed by atoms with Crippen molar-refractivity contribution in [3.05, 3.63) is 29.8 Å². The predicted molar refractivity (Wildman–Crippen MR) is 63.2 cm³/mol. The maximum absolute atomic E-state index is 6.06. The van der Waals surface area contributed by atoms with Gasteiger partial charge in [0, 0.05) is 0 Å². The zero-order chi connectivity index (χ0) is 10.7. The van der Waals surface area contributed by atoms with Crippen LogP contribution in [0.2, 0.25) is 0 Å². The van der Waals surface area contributed by atoms with Gasteiger partial charge in [0.05, 0.1) is 6.10 Å². The summed E-state index contributed by atoms with van der Waals surface area (Å²) >= 11 is 0. The Bertz CT molecular complexity index is 319. The van der Waals surface area contributed by atoms with Crippen molar-refractivity contribution >= 4 is 0 Å². The molecule has 2 unspecified atom stereocenters. The number of rotatable bonds is 2. The summed E-state index contributed by atoms with van der Waals surface area (Å²) in [7, 11) is 0. The molecule has 2 rings (SSSR count). The Morgan fingerprint density at radius 1 is 1.20 bits per heavy atom. The number of benzene rings is 1. The maximum Gasteiger partial charge on any atom is 0.122 e. The lowest BCUT2D eigenvalue weighted by Gasteiger charge is -2.27. The summed E-state index contributed by atoms with van der Waals surface area (Å²) in [4.78, 5) is 0. The number of aryl methyl sites for hydroxylation is 1. The molecule has 1 nitrogen and oxygen atoms in total. The van der Waals surface area contributed by atoms with Gasteiger partial charge in [-0.15, -0.1) is 0 Å². The van der Waals surface area contributed by atoms with E-state index in [2.05, 4.69) is 38.1 Å². The second-order valence-electron chi connectivity index (χ2n) is 4.78. The molecule has 0 bridgehead atoms. The lowest BCUT2D eigenvalue weighted by Crippen LogP contribution is -2.24. The number of ether oxygens (including phenoxy) is 1. The molecule has 2 atom stereocenters. The fourth-order valence-electron chi connectivity index (χ4n) is 2.35. The molecular formula is C14H20O. The number of hydrogen-bond acceptors (Lipinski definition) is 1. The van der Waals surface area contributed by atoms with Crippen LogP contribution in [-0.4, -0.2) is 6.10 Å². The molecule has 0 aromatic heterocycles. The van der Waals surface area contributed by atoms with E-state index in [0.29, 0.717) is 6.10 Å². The molecular weight excluding hydrogens is 184 g/mol. The number of para-hydroxylation sites is 1. The molecule has 1 aliphatic rings. The van der Waals surface area contributed by atoms with Crippen molar-refractivity contribution in [1.29, 1.82) is 0 Å². The Kier molecular flexibility index (Phi) is 3.30. The lowest BCUT2D eigenvalue weighted by atomic mass is 9.88. The second kappa shape index (κ2) is 4.69. The van der Waals surface area contributed by atoms with E-state index in [4.69, 9.17) is 4.74 Å². The summed E-state index contributed by atoms with van der Waals surface area (Å²) in [5.74, 6) is 1.89. The first-order valence-electron chi connectivity index (χ1n) is 5.98. The van der Waals surface area contributed by atoms with E-state index in [1.807, 2.05) is 0 Å². The van der Waals surface area contributed by atoms with Gasteiger partial charge in [-0.1, -0.05) is 31.5 Å². The summed E-state index contributed by atoms with van der Waals surface area (Å²) in [5, 5.41) is 0. The minimum Gasteiger partial charge on any atom is -0.490 e. The fourth-order valence-corrected chi connectivity index (χ4v) is 2.35. The molecule has 0 radical (unpaired) electrons. The monoisotopic (exact) mass is 204 g/mol. The van der Waals surface area contributed by atoms with E-state index in [9.17, 15) is 0 Å². The van der Waals surface area contributed by atoms with E-state index >= 15 is 0 Å². The highest BCUT2D eigenvalue weighted by Gasteiger charge is 2.20. The summed E-state index contributed by atoms with van der Waals surface area (Å²) in [5.41, 5.74) is 1.25. The average molecular weight is 204 g/mol. The van der Waals surface area contributed by atoms with Crippen LogP contribution in [0.15, 0.2) is 24.3 Å². The van der Waals surface area contributed by atoms with Crippen LogP contribution in [0.25, 0.3) is 0 Å². The lowest BCUT2D eigenvalue weighted by molar-refractivity contribution is 0.128. The molecule has 1 heteroatoms. The second-order valence-corrected chi connectivity index (χ2v) is 4.78. The summed E-state index contributed by atoms with van der Waals surface area (Å²) < 4.78 is 6.06. The zero-order valence-corrected chi connectivity index (χ0v) is 9.70. The molecule has 0 N–H and O–H groups in total. The largest absolute Gasteiger partial charge is 0.490 e. The number of hydrogen-bond donors (Lipinski definition) is 0. The molecule has 0 amide bonds. The Hall–Kier alpha value is -0.980. The summed E-state index contributed by atoms with van der Waals surface area (Å²) in [6.45, 7) is 4.44. The van der Waals surface area contributed by atoms with Crippen molar-refractivity contribution in [1.82, 2.24) is 0 Å². The van der Waals surface area contributed by atoms with Gasteiger partial charge in [-0.05, 0) is 43.7 Å². The first kappa shape index (κ1) is 10.5. The molecule has 0 heterocycles. The van der Waals surface area contributed by atoms with Crippen LogP contribution in [0.3, 0.4) is 0 Å². The van der Waals surface area contributed by atoms with Gasteiger partial charge in [0.2, 0.25) is 0 Å². The topological polar surface area (TPSA) is 9.23 Å². The van der Waals surface area contributed by atoms with Gasteiger partial charge in [-0.3, -0.25) is 0 Å². The standard InChI is InChI=1S/C14H20O/c1-11-6-5-8-13(10-11)15-14-9-4-3-7-12(14)2/h3-4,7,9,11,13H,5-6,8,10H2,1-2H3. The minimum atomic E-state index is 0.440. The molecule has 0 spiro atoms. The van der Waals surface area contributed by atoms with Crippen LogP contribution >= 0.6 is 0 Å². The van der Waals surface area contributed by atoms with Gasteiger partial charge in [0.15, 0.2) is 0 Å². The highest BCUT2D eigenvalue weighted by Crippen LogP contribution is 2.28. The first-order valence-corrected chi connectivity index (χ1v) is 5.98. The Morgan fingerprint density at radius 2 is 2.00 bits per heavy atom. The fraction of sp³-hybridized carbons (Fsp3) is 0.571. The third-order valence-corrected chi connectivity index (χ3v) is 3.28. The smallest absolute Gasteiger partial charge is 0.122 e. The van der Waals surface area contributed by atoms with Crippen LogP contribution in [-0.2, 0) is 0 Å². The third kappa shape index (κ3) is 2.74. The normalized spacial score (nSPS) is 26.3. The molecule has 0 saturated heterocycles. The van der Waals surface area contributed by atoms with Crippen molar-refractivity contribution in [2.75, 3.05) is 0 Å². The molecule has 1 fully saturated rings. The van der Waals surface area contributed by atoms with Crippen molar-refractivity contribution in [3.8, 4) is 5.75 Å². The third-order valence-electron chi connectivity index (χ3n) is 3.28. The van der Waals surface area contributed by atoms with Crippen molar-refractivity contribution in [2.24, 2.45) is 5.92 Å². The molecule has 0 aliphatic heterocycles. The maximum atomic E-state index is 6.06. The Labute approximate surface area is 92.5 Å². The van der Waals surface area contributed by atoms with Crippen LogP contribution in [0.5, 0.6) is 5.75 Å².